The molecular formula is C16H12F3N3O2. The number of aromatic carboxylic acids is 1. The number of halogens is 3. The van der Waals surface area contributed by atoms with Gasteiger partial charge in [-0.3, -0.25) is 9.38 Å². The summed E-state index contributed by atoms with van der Waals surface area (Å²) in [5, 5.41) is 9.33. The van der Waals surface area contributed by atoms with E-state index in [2.05, 4.69) is 9.97 Å². The fourth-order valence-electron chi connectivity index (χ4n) is 2.62. The molecule has 124 valence electrons. The fourth-order valence-corrected chi connectivity index (χ4v) is 2.62. The van der Waals surface area contributed by atoms with E-state index in [4.69, 9.17) is 0 Å². The van der Waals surface area contributed by atoms with Gasteiger partial charge in [-0.15, -0.1) is 0 Å². The van der Waals surface area contributed by atoms with Crippen LogP contribution >= 0.6 is 0 Å². The predicted octanol–water partition coefficient (Wildman–Crippen LogP) is 3.64. The molecule has 24 heavy (non-hydrogen) atoms. The Balaban J connectivity index is 2.40. The SMILES string of the molecule is CC(C)c1c(C(=O)O)nc2c(-c3cc(F)cc(F)c3F)nccn12. The highest BCUT2D eigenvalue weighted by molar-refractivity contribution is 5.89. The average Bonchev–Trinajstić information content (AvgIpc) is 2.90. The summed E-state index contributed by atoms with van der Waals surface area (Å²) >= 11 is 0. The maximum Gasteiger partial charge on any atom is 0.356 e. The molecule has 0 saturated carbocycles. The minimum Gasteiger partial charge on any atom is -0.476 e. The maximum absolute atomic E-state index is 14.1. The molecule has 0 atom stereocenters. The topological polar surface area (TPSA) is 67.5 Å². The van der Waals surface area contributed by atoms with Crippen LogP contribution in [0.25, 0.3) is 16.9 Å². The molecule has 5 nitrogen and oxygen atoms in total. The van der Waals surface area contributed by atoms with Crippen LogP contribution in [-0.2, 0) is 0 Å². The largest absolute Gasteiger partial charge is 0.476 e. The summed E-state index contributed by atoms with van der Waals surface area (Å²) in [6, 6.07) is 1.22. The van der Waals surface area contributed by atoms with E-state index in [1.54, 1.807) is 13.8 Å². The van der Waals surface area contributed by atoms with Gasteiger partial charge in [0.15, 0.2) is 23.0 Å². The fraction of sp³-hybridized carbons (Fsp3) is 0.188. The standard InChI is InChI=1S/C16H12F3N3O2/c1-7(2)14-13(16(23)24)21-15-12(20-3-4-22(14)15)9-5-8(17)6-10(18)11(9)19/h3-7H,1-2H3,(H,23,24). The van der Waals surface area contributed by atoms with Crippen molar-refractivity contribution in [1.82, 2.24) is 14.4 Å². The lowest BCUT2D eigenvalue weighted by Crippen LogP contribution is -2.05. The maximum atomic E-state index is 14.1. The number of aromatic nitrogens is 3. The number of carbonyl (C=O) groups is 1. The quantitative estimate of drug-likeness (QED) is 0.742. The van der Waals surface area contributed by atoms with Crippen molar-refractivity contribution in [3.05, 3.63) is 53.4 Å². The molecule has 3 aromatic rings. The van der Waals surface area contributed by atoms with Crippen LogP contribution in [0, 0.1) is 17.5 Å². The number of fused-ring (bicyclic) bond motifs is 1. The second-order valence-electron chi connectivity index (χ2n) is 5.52. The summed E-state index contributed by atoms with van der Waals surface area (Å²) in [6.45, 7) is 3.55. The van der Waals surface area contributed by atoms with E-state index in [1.807, 2.05) is 0 Å². The molecule has 0 amide bonds. The Morgan fingerprint density at radius 1 is 1.25 bits per heavy atom. The number of benzene rings is 1. The van der Waals surface area contributed by atoms with Crippen LogP contribution in [0.1, 0.15) is 35.9 Å². The second kappa shape index (κ2) is 5.63. The Morgan fingerprint density at radius 3 is 2.58 bits per heavy atom. The molecule has 8 heteroatoms. The zero-order valence-electron chi connectivity index (χ0n) is 12.7. The van der Waals surface area contributed by atoms with Crippen molar-refractivity contribution in [1.29, 1.82) is 0 Å². The molecule has 0 radical (unpaired) electrons. The first kappa shape index (κ1) is 16.0. The van der Waals surface area contributed by atoms with Crippen molar-refractivity contribution in [2.75, 3.05) is 0 Å². The highest BCUT2D eigenvalue weighted by Crippen LogP contribution is 2.30. The van der Waals surface area contributed by atoms with Crippen LogP contribution in [0.3, 0.4) is 0 Å². The summed E-state index contributed by atoms with van der Waals surface area (Å²) in [5.74, 6) is -5.05. The summed E-state index contributed by atoms with van der Waals surface area (Å²) in [6.07, 6.45) is 2.77. The summed E-state index contributed by atoms with van der Waals surface area (Å²) in [7, 11) is 0. The van der Waals surface area contributed by atoms with Crippen molar-refractivity contribution in [3.8, 4) is 11.3 Å². The van der Waals surface area contributed by atoms with Gasteiger partial charge in [0, 0.05) is 24.0 Å². The molecule has 3 rings (SSSR count). The van der Waals surface area contributed by atoms with Crippen molar-refractivity contribution < 1.29 is 23.1 Å². The van der Waals surface area contributed by atoms with E-state index < -0.39 is 29.0 Å². The average molecular weight is 335 g/mol. The molecule has 1 aromatic carbocycles. The van der Waals surface area contributed by atoms with Gasteiger partial charge in [0.05, 0.1) is 5.69 Å². The van der Waals surface area contributed by atoms with Gasteiger partial charge in [0.25, 0.3) is 0 Å². The first-order valence-electron chi connectivity index (χ1n) is 7.06. The molecule has 0 fully saturated rings. The molecule has 0 bridgehead atoms. The molecule has 0 aliphatic rings. The lowest BCUT2D eigenvalue weighted by atomic mass is 10.1. The second-order valence-corrected chi connectivity index (χ2v) is 5.52. The van der Waals surface area contributed by atoms with Crippen LogP contribution < -0.4 is 0 Å². The number of imidazole rings is 1. The molecular weight excluding hydrogens is 323 g/mol. The lowest BCUT2D eigenvalue weighted by Gasteiger charge is -2.08. The lowest BCUT2D eigenvalue weighted by molar-refractivity contribution is 0.0689. The normalized spacial score (nSPS) is 11.4. The summed E-state index contributed by atoms with van der Waals surface area (Å²) in [4.78, 5) is 19.4. The van der Waals surface area contributed by atoms with Gasteiger partial charge in [0.2, 0.25) is 0 Å². The van der Waals surface area contributed by atoms with E-state index in [0.29, 0.717) is 11.8 Å². The van der Waals surface area contributed by atoms with Gasteiger partial charge < -0.3 is 5.11 Å². The zero-order chi connectivity index (χ0) is 17.6. The van der Waals surface area contributed by atoms with Crippen molar-refractivity contribution in [3.63, 3.8) is 0 Å². The molecule has 0 aliphatic carbocycles. The molecule has 0 spiro atoms. The monoisotopic (exact) mass is 335 g/mol. The molecule has 0 aliphatic heterocycles. The Morgan fingerprint density at radius 2 is 1.96 bits per heavy atom. The van der Waals surface area contributed by atoms with Crippen LogP contribution in [-0.4, -0.2) is 25.4 Å². The van der Waals surface area contributed by atoms with Crippen molar-refractivity contribution in [2.45, 2.75) is 19.8 Å². The molecule has 2 heterocycles. The van der Waals surface area contributed by atoms with Gasteiger partial charge in [-0.2, -0.15) is 0 Å². The highest BCUT2D eigenvalue weighted by Gasteiger charge is 2.24. The third kappa shape index (κ3) is 2.40. The number of carboxylic acid groups (broad SMARTS) is 1. The summed E-state index contributed by atoms with van der Waals surface area (Å²) in [5.41, 5.74) is -0.365. The van der Waals surface area contributed by atoms with E-state index in [1.165, 1.54) is 16.8 Å². The number of hydrogen-bond acceptors (Lipinski definition) is 3. The van der Waals surface area contributed by atoms with Crippen molar-refractivity contribution in [2.24, 2.45) is 0 Å². The molecule has 0 unspecified atom stereocenters. The Kier molecular flexibility index (Phi) is 3.75. The third-order valence-corrected chi connectivity index (χ3v) is 3.58. The summed E-state index contributed by atoms with van der Waals surface area (Å²) < 4.78 is 42.5. The minimum atomic E-state index is -1.36. The van der Waals surface area contributed by atoms with E-state index in [0.717, 1.165) is 6.07 Å². The number of rotatable bonds is 3. The first-order valence-corrected chi connectivity index (χ1v) is 7.06. The Hall–Kier alpha value is -2.90. The third-order valence-electron chi connectivity index (χ3n) is 3.58. The van der Waals surface area contributed by atoms with Crippen LogP contribution in [0.5, 0.6) is 0 Å². The van der Waals surface area contributed by atoms with Gasteiger partial charge in [-0.25, -0.2) is 22.9 Å². The molecule has 0 saturated heterocycles. The highest BCUT2D eigenvalue weighted by atomic mass is 19.2. The smallest absolute Gasteiger partial charge is 0.356 e. The van der Waals surface area contributed by atoms with Gasteiger partial charge >= 0.3 is 5.97 Å². The van der Waals surface area contributed by atoms with Gasteiger partial charge in [0.1, 0.15) is 11.5 Å². The van der Waals surface area contributed by atoms with Gasteiger partial charge in [-0.05, 0) is 12.0 Å². The van der Waals surface area contributed by atoms with Gasteiger partial charge in [-0.1, -0.05) is 13.8 Å². The molecule has 2 aromatic heterocycles. The van der Waals surface area contributed by atoms with Crippen LogP contribution in [0.4, 0.5) is 13.2 Å². The minimum absolute atomic E-state index is 0.0162. The number of hydrogen-bond donors (Lipinski definition) is 1. The Labute approximate surface area is 134 Å². The first-order chi connectivity index (χ1) is 11.3. The van der Waals surface area contributed by atoms with Crippen LogP contribution in [0.2, 0.25) is 0 Å². The zero-order valence-corrected chi connectivity index (χ0v) is 12.7. The van der Waals surface area contributed by atoms with E-state index in [-0.39, 0.29) is 23.0 Å². The van der Waals surface area contributed by atoms with Crippen molar-refractivity contribution >= 4 is 11.6 Å². The number of nitrogens with zero attached hydrogens (tertiary/aromatic N) is 3. The van der Waals surface area contributed by atoms with E-state index >= 15 is 0 Å². The predicted molar refractivity (Wildman–Crippen MR) is 79.3 cm³/mol. The van der Waals surface area contributed by atoms with Crippen LogP contribution in [0.15, 0.2) is 24.5 Å². The molecule has 1 N–H and O–H groups in total. The van der Waals surface area contributed by atoms with E-state index in [9.17, 15) is 23.1 Å². The number of carboxylic acids is 1. The Bertz CT molecular complexity index is 967.